The number of nitrogens with zero attached hydrogens (tertiary/aromatic N) is 2. The van der Waals surface area contributed by atoms with E-state index in [-0.39, 0.29) is 0 Å². The highest BCUT2D eigenvalue weighted by Gasteiger charge is 2.32. The molecule has 0 amide bonds. The van der Waals surface area contributed by atoms with Crippen LogP contribution in [0, 0.1) is 0 Å². The predicted molar refractivity (Wildman–Crippen MR) is 66.5 cm³/mol. The number of aliphatic hydroxyl groups excluding tert-OH is 1. The fourth-order valence-corrected chi connectivity index (χ4v) is 2.60. The number of halogens is 3. The third-order valence-electron chi connectivity index (χ3n) is 3.59. The largest absolute Gasteiger partial charge is 0.433 e. The second-order valence-electron chi connectivity index (χ2n) is 4.90. The summed E-state index contributed by atoms with van der Waals surface area (Å²) in [6.07, 6.45) is 0.468. The number of fused-ring (bicyclic) bond motifs is 1. The number of alkyl halides is 3. The Bertz CT molecular complexity index is 616. The van der Waals surface area contributed by atoms with Crippen molar-refractivity contribution in [2.75, 3.05) is 0 Å². The van der Waals surface area contributed by atoms with Crippen molar-refractivity contribution in [2.24, 2.45) is 0 Å². The molecule has 3 nitrogen and oxygen atoms in total. The van der Waals surface area contributed by atoms with E-state index in [1.807, 2.05) is 6.07 Å². The van der Waals surface area contributed by atoms with Crippen molar-refractivity contribution in [1.29, 1.82) is 0 Å². The molecule has 0 saturated heterocycles. The highest BCUT2D eigenvalue weighted by Crippen LogP contribution is 2.32. The Hall–Kier alpha value is -1.82. The minimum Gasteiger partial charge on any atom is -0.388 e. The van der Waals surface area contributed by atoms with Gasteiger partial charge in [0.2, 0.25) is 0 Å². The van der Waals surface area contributed by atoms with Crippen LogP contribution in [0.5, 0.6) is 0 Å². The number of hydrogen-bond acceptors (Lipinski definition) is 2. The van der Waals surface area contributed by atoms with E-state index in [4.69, 9.17) is 0 Å². The number of aromatic nitrogens is 2. The smallest absolute Gasteiger partial charge is 0.388 e. The van der Waals surface area contributed by atoms with E-state index >= 15 is 0 Å². The molecule has 2 heterocycles. The van der Waals surface area contributed by atoms with E-state index in [1.165, 1.54) is 12.3 Å². The summed E-state index contributed by atoms with van der Waals surface area (Å²) in [6.45, 7) is 0. The van der Waals surface area contributed by atoms with Crippen LogP contribution in [0.1, 0.15) is 35.9 Å². The van der Waals surface area contributed by atoms with Gasteiger partial charge < -0.3 is 9.67 Å². The number of rotatable bonds is 1. The van der Waals surface area contributed by atoms with Crippen LogP contribution in [0.25, 0.3) is 5.69 Å². The van der Waals surface area contributed by atoms with Gasteiger partial charge in [-0.3, -0.25) is 0 Å². The van der Waals surface area contributed by atoms with Gasteiger partial charge in [-0.25, -0.2) is 4.98 Å². The van der Waals surface area contributed by atoms with Crippen LogP contribution in [0.2, 0.25) is 0 Å². The van der Waals surface area contributed by atoms with Crippen molar-refractivity contribution in [3.05, 3.63) is 47.5 Å². The maximum atomic E-state index is 12.5. The van der Waals surface area contributed by atoms with Crippen LogP contribution in [0.3, 0.4) is 0 Å². The molecule has 2 aromatic rings. The average Bonchev–Trinajstić information content (AvgIpc) is 2.83. The lowest BCUT2D eigenvalue weighted by atomic mass is 9.95. The maximum absolute atomic E-state index is 12.5. The maximum Gasteiger partial charge on any atom is 0.433 e. The minimum absolute atomic E-state index is 0.484. The van der Waals surface area contributed by atoms with Crippen molar-refractivity contribution >= 4 is 0 Å². The van der Waals surface area contributed by atoms with Crippen molar-refractivity contribution in [1.82, 2.24) is 9.55 Å². The Labute approximate surface area is 113 Å². The van der Waals surface area contributed by atoms with Crippen LogP contribution in [-0.4, -0.2) is 14.7 Å². The van der Waals surface area contributed by atoms with E-state index in [0.717, 1.165) is 36.6 Å². The van der Waals surface area contributed by atoms with Gasteiger partial charge in [0.05, 0.1) is 18.0 Å². The molecule has 1 unspecified atom stereocenters. The van der Waals surface area contributed by atoms with Crippen LogP contribution in [0.15, 0.2) is 30.6 Å². The van der Waals surface area contributed by atoms with Crippen molar-refractivity contribution in [2.45, 2.75) is 31.5 Å². The Morgan fingerprint density at radius 3 is 2.70 bits per heavy atom. The molecule has 6 heteroatoms. The topological polar surface area (TPSA) is 38.0 Å². The highest BCUT2D eigenvalue weighted by molar-refractivity contribution is 5.39. The zero-order chi connectivity index (χ0) is 14.3. The van der Waals surface area contributed by atoms with Crippen molar-refractivity contribution < 1.29 is 18.3 Å². The SMILES string of the molecule is OC1CCCc2c1ccn2-c1ccc(C(F)(F)F)nc1. The summed E-state index contributed by atoms with van der Waals surface area (Å²) < 4.78 is 39.2. The second-order valence-corrected chi connectivity index (χ2v) is 4.90. The van der Waals surface area contributed by atoms with E-state index in [2.05, 4.69) is 4.98 Å². The van der Waals surface area contributed by atoms with Crippen LogP contribution in [-0.2, 0) is 12.6 Å². The summed E-state index contributed by atoms with van der Waals surface area (Å²) in [5, 5.41) is 9.89. The number of aliphatic hydroxyl groups is 1. The standard InChI is InChI=1S/C14H13F3N2O/c15-14(16,17)13-5-4-9(8-18-13)19-7-6-10-11(19)2-1-3-12(10)20/h4-8,12,20H,1-3H2. The normalized spacial score (nSPS) is 18.9. The zero-order valence-corrected chi connectivity index (χ0v) is 10.6. The molecule has 1 aliphatic rings. The molecule has 3 rings (SSSR count). The van der Waals surface area contributed by atoms with Gasteiger partial charge in [-0.15, -0.1) is 0 Å². The number of pyridine rings is 1. The van der Waals surface area contributed by atoms with Gasteiger partial charge in [0.25, 0.3) is 0 Å². The lowest BCUT2D eigenvalue weighted by molar-refractivity contribution is -0.141. The molecule has 1 N–H and O–H groups in total. The Morgan fingerprint density at radius 1 is 1.25 bits per heavy atom. The Balaban J connectivity index is 1.98. The van der Waals surface area contributed by atoms with Gasteiger partial charge in [0, 0.05) is 17.5 Å². The monoisotopic (exact) mass is 282 g/mol. The predicted octanol–water partition coefficient (Wildman–Crippen LogP) is 3.26. The molecule has 20 heavy (non-hydrogen) atoms. The van der Waals surface area contributed by atoms with Crippen LogP contribution >= 0.6 is 0 Å². The first-order chi connectivity index (χ1) is 9.47. The van der Waals surface area contributed by atoms with Crippen LogP contribution in [0.4, 0.5) is 13.2 Å². The van der Waals surface area contributed by atoms with Crippen LogP contribution < -0.4 is 0 Å². The molecular weight excluding hydrogens is 269 g/mol. The van der Waals surface area contributed by atoms with Gasteiger partial charge in [0.1, 0.15) is 5.69 Å². The van der Waals surface area contributed by atoms with E-state index in [1.54, 1.807) is 10.8 Å². The lowest BCUT2D eigenvalue weighted by Gasteiger charge is -2.20. The van der Waals surface area contributed by atoms with Gasteiger partial charge in [-0.1, -0.05) is 0 Å². The van der Waals surface area contributed by atoms with Gasteiger partial charge in [-0.05, 0) is 37.5 Å². The molecule has 1 atom stereocenters. The summed E-state index contributed by atoms with van der Waals surface area (Å²) in [5.74, 6) is 0. The quantitative estimate of drug-likeness (QED) is 0.871. The fourth-order valence-electron chi connectivity index (χ4n) is 2.60. The summed E-state index contributed by atoms with van der Waals surface area (Å²) in [6, 6.07) is 4.19. The Kier molecular flexibility index (Phi) is 3.05. The molecule has 106 valence electrons. The third kappa shape index (κ3) is 2.20. The van der Waals surface area contributed by atoms with Crippen molar-refractivity contribution in [3.8, 4) is 5.69 Å². The lowest BCUT2D eigenvalue weighted by Crippen LogP contribution is -2.12. The zero-order valence-electron chi connectivity index (χ0n) is 10.6. The molecule has 0 aromatic carbocycles. The van der Waals surface area contributed by atoms with E-state index in [9.17, 15) is 18.3 Å². The van der Waals surface area contributed by atoms with E-state index < -0.39 is 18.0 Å². The molecular formula is C14H13F3N2O. The molecule has 0 radical (unpaired) electrons. The molecule has 0 aliphatic heterocycles. The summed E-state index contributed by atoms with van der Waals surface area (Å²) in [4.78, 5) is 3.47. The molecule has 0 fully saturated rings. The first-order valence-corrected chi connectivity index (χ1v) is 6.38. The summed E-state index contributed by atoms with van der Waals surface area (Å²) in [7, 11) is 0. The number of hydrogen-bond donors (Lipinski definition) is 1. The Morgan fingerprint density at radius 2 is 2.05 bits per heavy atom. The second kappa shape index (κ2) is 4.63. The fraction of sp³-hybridized carbons (Fsp3) is 0.357. The molecule has 0 spiro atoms. The minimum atomic E-state index is -4.43. The molecule has 0 saturated carbocycles. The first kappa shape index (κ1) is 13.2. The van der Waals surface area contributed by atoms with Crippen molar-refractivity contribution in [3.63, 3.8) is 0 Å². The van der Waals surface area contributed by atoms with Gasteiger partial charge >= 0.3 is 6.18 Å². The highest BCUT2D eigenvalue weighted by atomic mass is 19.4. The summed E-state index contributed by atoms with van der Waals surface area (Å²) in [5.41, 5.74) is 1.48. The van der Waals surface area contributed by atoms with Gasteiger partial charge in [0.15, 0.2) is 0 Å². The molecule has 1 aliphatic carbocycles. The first-order valence-electron chi connectivity index (χ1n) is 6.38. The average molecular weight is 282 g/mol. The van der Waals surface area contributed by atoms with Gasteiger partial charge in [-0.2, -0.15) is 13.2 Å². The van der Waals surface area contributed by atoms with E-state index in [0.29, 0.717) is 5.69 Å². The third-order valence-corrected chi connectivity index (χ3v) is 3.59. The summed E-state index contributed by atoms with van der Waals surface area (Å²) >= 11 is 0. The molecule has 2 aromatic heterocycles. The molecule has 0 bridgehead atoms.